The molecule has 24 heavy (non-hydrogen) atoms. The van der Waals surface area contributed by atoms with Gasteiger partial charge in [-0.1, -0.05) is 6.42 Å². The van der Waals surface area contributed by atoms with Gasteiger partial charge in [0.05, 0.1) is 0 Å². The van der Waals surface area contributed by atoms with Crippen LogP contribution in [-0.4, -0.2) is 78.3 Å². The van der Waals surface area contributed by atoms with E-state index in [1.165, 1.54) is 32.4 Å². The zero-order valence-electron chi connectivity index (χ0n) is 15.1. The van der Waals surface area contributed by atoms with Crippen molar-refractivity contribution in [3.63, 3.8) is 0 Å². The number of hydrogen-bond donors (Lipinski definition) is 1. The van der Waals surface area contributed by atoms with E-state index in [0.717, 1.165) is 37.7 Å². The summed E-state index contributed by atoms with van der Waals surface area (Å²) >= 11 is 0. The molecule has 0 aliphatic carbocycles. The lowest BCUT2D eigenvalue weighted by Crippen LogP contribution is -2.37. The van der Waals surface area contributed by atoms with Crippen LogP contribution >= 0.6 is 0 Å². The lowest BCUT2D eigenvalue weighted by atomic mass is 9.95. The Morgan fingerprint density at radius 3 is 2.33 bits per heavy atom. The van der Waals surface area contributed by atoms with Crippen LogP contribution in [0.3, 0.4) is 0 Å². The van der Waals surface area contributed by atoms with E-state index in [1.807, 2.05) is 31.4 Å². The second-order valence-electron chi connectivity index (χ2n) is 7.54. The highest BCUT2D eigenvalue weighted by molar-refractivity contribution is 5.26. The largest absolute Gasteiger partial charge is 0.396 e. The molecule has 1 aromatic heterocycles. The van der Waals surface area contributed by atoms with Crippen LogP contribution in [0.5, 0.6) is 0 Å². The fourth-order valence-electron chi connectivity index (χ4n) is 3.97. The molecule has 6 heteroatoms. The van der Waals surface area contributed by atoms with Gasteiger partial charge in [0.2, 0.25) is 5.95 Å². The minimum atomic E-state index is 0.297. The lowest BCUT2D eigenvalue weighted by Gasteiger charge is -2.30. The van der Waals surface area contributed by atoms with Crippen molar-refractivity contribution in [2.24, 2.45) is 11.8 Å². The second kappa shape index (κ2) is 8.23. The summed E-state index contributed by atoms with van der Waals surface area (Å²) in [7, 11) is 3.90. The van der Waals surface area contributed by atoms with Crippen molar-refractivity contribution >= 4 is 5.95 Å². The average molecular weight is 333 g/mol. The minimum Gasteiger partial charge on any atom is -0.396 e. The summed E-state index contributed by atoms with van der Waals surface area (Å²) in [6.45, 7) is 6.81. The Morgan fingerprint density at radius 1 is 1.04 bits per heavy atom. The molecule has 0 aromatic carbocycles. The fourth-order valence-corrected chi connectivity index (χ4v) is 3.97. The van der Waals surface area contributed by atoms with E-state index in [1.54, 1.807) is 0 Å². The van der Waals surface area contributed by atoms with E-state index in [9.17, 15) is 5.11 Å². The summed E-state index contributed by atoms with van der Waals surface area (Å²) in [5.41, 5.74) is 1.15. The Labute approximate surface area is 145 Å². The minimum absolute atomic E-state index is 0.297. The molecule has 3 heterocycles. The summed E-state index contributed by atoms with van der Waals surface area (Å²) in [4.78, 5) is 15.8. The Kier molecular flexibility index (Phi) is 6.03. The summed E-state index contributed by atoms with van der Waals surface area (Å²) in [6, 6.07) is 0. The number of piperidine rings is 1. The number of hydrogen-bond acceptors (Lipinski definition) is 6. The van der Waals surface area contributed by atoms with Gasteiger partial charge in [-0.3, -0.25) is 4.90 Å². The van der Waals surface area contributed by atoms with Crippen LogP contribution in [-0.2, 0) is 6.54 Å². The van der Waals surface area contributed by atoms with E-state index >= 15 is 0 Å². The second-order valence-corrected chi connectivity index (χ2v) is 7.54. The Balaban J connectivity index is 1.55. The van der Waals surface area contributed by atoms with Gasteiger partial charge < -0.3 is 14.9 Å². The SMILES string of the molecule is CN(C)c1ncc(CN2CC(CO)C(CN3CCCCC3)C2)cn1. The van der Waals surface area contributed by atoms with Gasteiger partial charge in [-0.05, 0) is 37.8 Å². The number of rotatable bonds is 6. The molecule has 2 aliphatic rings. The lowest BCUT2D eigenvalue weighted by molar-refractivity contribution is 0.149. The molecule has 0 saturated carbocycles. The Morgan fingerprint density at radius 2 is 1.71 bits per heavy atom. The molecule has 0 bridgehead atoms. The predicted octanol–water partition coefficient (Wildman–Crippen LogP) is 1.07. The zero-order valence-corrected chi connectivity index (χ0v) is 15.1. The van der Waals surface area contributed by atoms with Gasteiger partial charge in [0.15, 0.2) is 0 Å². The van der Waals surface area contributed by atoms with Crippen molar-refractivity contribution in [1.29, 1.82) is 0 Å². The van der Waals surface area contributed by atoms with Crippen molar-refractivity contribution in [3.8, 4) is 0 Å². The molecule has 134 valence electrons. The zero-order chi connectivity index (χ0) is 16.9. The number of nitrogens with zero attached hydrogens (tertiary/aromatic N) is 5. The molecule has 0 radical (unpaired) electrons. The number of aromatic nitrogens is 2. The standard InChI is InChI=1S/C18H31N5O/c1-21(2)18-19-8-15(9-20-18)10-23-12-16(17(13-23)14-24)11-22-6-4-3-5-7-22/h8-9,16-17,24H,3-7,10-14H2,1-2H3. The molecule has 2 fully saturated rings. The monoisotopic (exact) mass is 333 g/mol. The highest BCUT2D eigenvalue weighted by Gasteiger charge is 2.33. The maximum atomic E-state index is 9.77. The molecule has 1 N–H and O–H groups in total. The fraction of sp³-hybridized carbons (Fsp3) is 0.778. The van der Waals surface area contributed by atoms with E-state index in [0.29, 0.717) is 18.4 Å². The van der Waals surface area contributed by atoms with Crippen LogP contribution in [0.4, 0.5) is 5.95 Å². The van der Waals surface area contributed by atoms with E-state index in [4.69, 9.17) is 0 Å². The molecule has 2 aliphatic heterocycles. The van der Waals surface area contributed by atoms with Crippen LogP contribution < -0.4 is 4.90 Å². The van der Waals surface area contributed by atoms with Gasteiger partial charge in [0.1, 0.15) is 0 Å². The third kappa shape index (κ3) is 4.43. The van der Waals surface area contributed by atoms with Crippen LogP contribution in [0.15, 0.2) is 12.4 Å². The molecule has 6 nitrogen and oxygen atoms in total. The smallest absolute Gasteiger partial charge is 0.224 e. The predicted molar refractivity (Wildman–Crippen MR) is 96.0 cm³/mol. The molecule has 2 saturated heterocycles. The van der Waals surface area contributed by atoms with Gasteiger partial charge in [-0.2, -0.15) is 0 Å². The first-order valence-corrected chi connectivity index (χ1v) is 9.19. The quantitative estimate of drug-likeness (QED) is 0.840. The van der Waals surface area contributed by atoms with Crippen LogP contribution in [0.1, 0.15) is 24.8 Å². The van der Waals surface area contributed by atoms with Gasteiger partial charge in [-0.15, -0.1) is 0 Å². The summed E-state index contributed by atoms with van der Waals surface area (Å²) in [5, 5.41) is 9.77. The van der Waals surface area contributed by atoms with Crippen molar-refractivity contribution < 1.29 is 5.11 Å². The van der Waals surface area contributed by atoms with Crippen molar-refractivity contribution in [2.75, 3.05) is 58.3 Å². The van der Waals surface area contributed by atoms with Crippen molar-refractivity contribution in [1.82, 2.24) is 19.8 Å². The van der Waals surface area contributed by atoms with Crippen molar-refractivity contribution in [2.45, 2.75) is 25.8 Å². The maximum absolute atomic E-state index is 9.77. The Hall–Kier alpha value is -1.24. The maximum Gasteiger partial charge on any atom is 0.224 e. The van der Waals surface area contributed by atoms with Gasteiger partial charge >= 0.3 is 0 Å². The van der Waals surface area contributed by atoms with Crippen LogP contribution in [0, 0.1) is 11.8 Å². The van der Waals surface area contributed by atoms with Crippen LogP contribution in [0.25, 0.3) is 0 Å². The topological polar surface area (TPSA) is 55.7 Å². The molecule has 3 rings (SSSR count). The molecule has 2 atom stereocenters. The number of aliphatic hydroxyl groups is 1. The van der Waals surface area contributed by atoms with E-state index in [2.05, 4.69) is 19.8 Å². The van der Waals surface area contributed by atoms with Crippen LogP contribution in [0.2, 0.25) is 0 Å². The summed E-state index contributed by atoms with van der Waals surface area (Å²) < 4.78 is 0. The van der Waals surface area contributed by atoms with Gasteiger partial charge in [0.25, 0.3) is 0 Å². The first kappa shape index (κ1) is 17.6. The first-order chi connectivity index (χ1) is 11.7. The Bertz CT molecular complexity index is 501. The molecule has 1 aromatic rings. The molecular weight excluding hydrogens is 302 g/mol. The molecule has 0 spiro atoms. The van der Waals surface area contributed by atoms with Gasteiger partial charge in [-0.25, -0.2) is 9.97 Å². The molecule has 2 unspecified atom stereocenters. The third-order valence-corrected chi connectivity index (χ3v) is 5.33. The summed E-state index contributed by atoms with van der Waals surface area (Å²) in [6.07, 6.45) is 7.88. The number of likely N-dealkylation sites (tertiary alicyclic amines) is 2. The third-order valence-electron chi connectivity index (χ3n) is 5.33. The molecular formula is C18H31N5O. The highest BCUT2D eigenvalue weighted by Crippen LogP contribution is 2.26. The normalized spacial score (nSPS) is 26.0. The first-order valence-electron chi connectivity index (χ1n) is 9.19. The molecule has 0 amide bonds. The summed E-state index contributed by atoms with van der Waals surface area (Å²) in [5.74, 6) is 1.72. The number of aliphatic hydroxyl groups excluding tert-OH is 1. The van der Waals surface area contributed by atoms with E-state index in [-0.39, 0.29) is 0 Å². The van der Waals surface area contributed by atoms with E-state index < -0.39 is 0 Å². The highest BCUT2D eigenvalue weighted by atomic mass is 16.3. The number of anilines is 1. The van der Waals surface area contributed by atoms with Crippen molar-refractivity contribution in [3.05, 3.63) is 18.0 Å². The van der Waals surface area contributed by atoms with Gasteiger partial charge in [0, 0.05) is 64.8 Å². The average Bonchev–Trinajstić information content (AvgIpc) is 2.97.